The summed E-state index contributed by atoms with van der Waals surface area (Å²) in [5, 5.41) is 13.9. The van der Waals surface area contributed by atoms with E-state index in [9.17, 15) is 14.3 Å². The molecule has 3 aliphatic rings. The van der Waals surface area contributed by atoms with Gasteiger partial charge in [0.25, 0.3) is 0 Å². The molecule has 0 radical (unpaired) electrons. The fraction of sp³-hybridized carbons (Fsp3) is 0.522. The molecular formula is C23H28FN5O2. The van der Waals surface area contributed by atoms with Crippen molar-refractivity contribution in [1.29, 1.82) is 0 Å². The van der Waals surface area contributed by atoms with Crippen molar-refractivity contribution in [3.05, 3.63) is 36.2 Å². The number of hydrogen-bond acceptors (Lipinski definition) is 6. The first kappa shape index (κ1) is 20.2. The lowest BCUT2D eigenvalue weighted by molar-refractivity contribution is -0.126. The number of rotatable bonds is 4. The minimum Gasteiger partial charge on any atom is -0.507 e. The predicted molar refractivity (Wildman–Crippen MR) is 116 cm³/mol. The summed E-state index contributed by atoms with van der Waals surface area (Å²) in [5.74, 6) is 0.958. The molecule has 2 unspecified atom stereocenters. The van der Waals surface area contributed by atoms with Crippen molar-refractivity contribution < 1.29 is 14.3 Å². The standard InChI is InChI=1S/C23H28FN5O2/c1-28-12-14(8-22(28)31)13-3-5-16(20(30)7-13)18-10-26-21(11-25-18)29(2)19-9-15-4-6-17(27-15)23(19)24/h3,5,7,10-11,14-15,17,19,23,27,30H,4,6,8-9,12H2,1-2H3/t14-,15?,17?,19+,23-/m0/s1. The predicted octanol–water partition coefficient (Wildman–Crippen LogP) is 2.46. The van der Waals surface area contributed by atoms with Crippen LogP contribution in [0.2, 0.25) is 0 Å². The van der Waals surface area contributed by atoms with Gasteiger partial charge in [-0.05, 0) is 37.0 Å². The van der Waals surface area contributed by atoms with Crippen molar-refractivity contribution in [2.45, 2.75) is 55.9 Å². The maximum atomic E-state index is 14.9. The first-order valence-electron chi connectivity index (χ1n) is 10.9. The zero-order valence-corrected chi connectivity index (χ0v) is 17.8. The van der Waals surface area contributed by atoms with E-state index in [4.69, 9.17) is 0 Å². The molecule has 2 aromatic rings. The zero-order chi connectivity index (χ0) is 21.7. The van der Waals surface area contributed by atoms with Crippen molar-refractivity contribution in [1.82, 2.24) is 20.2 Å². The second-order valence-corrected chi connectivity index (χ2v) is 9.12. The van der Waals surface area contributed by atoms with Crippen molar-refractivity contribution in [3.63, 3.8) is 0 Å². The lowest BCUT2D eigenvalue weighted by atomic mass is 9.96. The number of benzene rings is 1. The number of nitrogens with zero attached hydrogens (tertiary/aromatic N) is 4. The van der Waals surface area contributed by atoms with E-state index in [-0.39, 0.29) is 29.7 Å². The van der Waals surface area contributed by atoms with Gasteiger partial charge in [0.1, 0.15) is 17.7 Å². The Bertz CT molecular complexity index is 984. The molecule has 1 amide bonds. The smallest absolute Gasteiger partial charge is 0.223 e. The number of phenols is 1. The Morgan fingerprint density at radius 3 is 2.77 bits per heavy atom. The molecule has 31 heavy (non-hydrogen) atoms. The number of carbonyl (C=O) groups is 1. The minimum absolute atomic E-state index is 0.0659. The molecule has 0 saturated carbocycles. The van der Waals surface area contributed by atoms with Crippen LogP contribution in [-0.4, -0.2) is 70.8 Å². The Hall–Kier alpha value is -2.74. The number of amides is 1. The van der Waals surface area contributed by atoms with Crippen LogP contribution in [0.1, 0.15) is 37.2 Å². The van der Waals surface area contributed by atoms with Gasteiger partial charge in [-0.15, -0.1) is 0 Å². The Morgan fingerprint density at radius 2 is 2.10 bits per heavy atom. The topological polar surface area (TPSA) is 81.6 Å². The molecule has 3 saturated heterocycles. The molecule has 0 aliphatic carbocycles. The second kappa shape index (κ2) is 7.75. The number of nitrogens with one attached hydrogen (secondary N) is 1. The Morgan fingerprint density at radius 1 is 1.26 bits per heavy atom. The molecule has 164 valence electrons. The summed E-state index contributed by atoms with van der Waals surface area (Å²) in [5.41, 5.74) is 2.09. The molecule has 0 spiro atoms. The highest BCUT2D eigenvalue weighted by Gasteiger charge is 2.43. The molecule has 2 N–H and O–H groups in total. The van der Waals surface area contributed by atoms with E-state index in [1.807, 2.05) is 24.1 Å². The Labute approximate surface area is 181 Å². The van der Waals surface area contributed by atoms with E-state index < -0.39 is 6.17 Å². The van der Waals surface area contributed by atoms with Crippen LogP contribution in [0.25, 0.3) is 11.3 Å². The summed E-state index contributed by atoms with van der Waals surface area (Å²) in [7, 11) is 3.67. The van der Waals surface area contributed by atoms with Crippen LogP contribution in [-0.2, 0) is 4.79 Å². The third kappa shape index (κ3) is 3.63. The van der Waals surface area contributed by atoms with E-state index >= 15 is 0 Å². The Kier molecular flexibility index (Phi) is 5.04. The van der Waals surface area contributed by atoms with Gasteiger partial charge in [0.2, 0.25) is 5.91 Å². The molecule has 8 heteroatoms. The summed E-state index contributed by atoms with van der Waals surface area (Å²) in [4.78, 5) is 24.4. The number of aromatic hydroxyl groups is 1. The van der Waals surface area contributed by atoms with E-state index in [1.54, 1.807) is 30.4 Å². The summed E-state index contributed by atoms with van der Waals surface area (Å²) < 4.78 is 14.9. The van der Waals surface area contributed by atoms with Crippen LogP contribution in [0.4, 0.5) is 10.2 Å². The lowest BCUT2D eigenvalue weighted by Gasteiger charge is -2.38. The molecule has 4 heterocycles. The zero-order valence-electron chi connectivity index (χ0n) is 17.8. The van der Waals surface area contributed by atoms with Gasteiger partial charge in [-0.25, -0.2) is 9.37 Å². The number of piperidine rings is 1. The molecule has 1 aromatic carbocycles. The SMILES string of the molecule is CN1C[C@@H](c2ccc(-c3cnc(N(C)[C@@H]4CC5CCC(N5)[C@@H]4F)cn3)c(O)c2)CC1=O. The lowest BCUT2D eigenvalue weighted by Crippen LogP contribution is -2.55. The van der Waals surface area contributed by atoms with Crippen LogP contribution >= 0.6 is 0 Å². The van der Waals surface area contributed by atoms with Crippen LogP contribution in [0, 0.1) is 0 Å². The number of fused-ring (bicyclic) bond motifs is 2. The van der Waals surface area contributed by atoms with E-state index in [0.29, 0.717) is 36.1 Å². The van der Waals surface area contributed by atoms with Gasteiger partial charge >= 0.3 is 0 Å². The molecule has 5 atom stereocenters. The number of carbonyl (C=O) groups excluding carboxylic acids is 1. The molecule has 2 bridgehead atoms. The van der Waals surface area contributed by atoms with Crippen molar-refractivity contribution in [2.75, 3.05) is 25.5 Å². The summed E-state index contributed by atoms with van der Waals surface area (Å²) in [6.45, 7) is 0.659. The normalized spacial score (nSPS) is 30.1. The average Bonchev–Trinajstić information content (AvgIpc) is 3.34. The fourth-order valence-electron chi connectivity index (χ4n) is 5.27. The maximum Gasteiger partial charge on any atom is 0.223 e. The first-order valence-corrected chi connectivity index (χ1v) is 10.9. The van der Waals surface area contributed by atoms with Crippen molar-refractivity contribution >= 4 is 11.7 Å². The molecule has 7 nitrogen and oxygen atoms in total. The Balaban J connectivity index is 1.32. The molecular weight excluding hydrogens is 397 g/mol. The van der Waals surface area contributed by atoms with Gasteiger partial charge in [0.15, 0.2) is 0 Å². The van der Waals surface area contributed by atoms with Crippen molar-refractivity contribution in [3.8, 4) is 17.0 Å². The molecule has 3 aliphatic heterocycles. The number of likely N-dealkylation sites (N-methyl/N-ethyl adjacent to an activating group) is 1. The number of aromatic nitrogens is 2. The van der Waals surface area contributed by atoms with E-state index in [1.165, 1.54) is 0 Å². The number of anilines is 1. The highest BCUT2D eigenvalue weighted by molar-refractivity contribution is 5.79. The first-order chi connectivity index (χ1) is 14.9. The third-order valence-corrected chi connectivity index (χ3v) is 7.16. The quantitative estimate of drug-likeness (QED) is 0.783. The molecule has 5 rings (SSSR count). The minimum atomic E-state index is -0.927. The number of likely N-dealkylation sites (tertiary alicyclic amines) is 1. The highest BCUT2D eigenvalue weighted by atomic mass is 19.1. The summed E-state index contributed by atoms with van der Waals surface area (Å²) >= 11 is 0. The van der Waals surface area contributed by atoms with Gasteiger partial charge in [0.05, 0.1) is 24.1 Å². The summed E-state index contributed by atoms with van der Waals surface area (Å²) in [6, 6.07) is 5.58. The van der Waals surface area contributed by atoms with E-state index in [0.717, 1.165) is 24.8 Å². The van der Waals surface area contributed by atoms with Crippen LogP contribution in [0.5, 0.6) is 5.75 Å². The molecule has 3 fully saturated rings. The van der Waals surface area contributed by atoms with Gasteiger partial charge in [-0.2, -0.15) is 0 Å². The largest absolute Gasteiger partial charge is 0.507 e. The van der Waals surface area contributed by atoms with Gasteiger partial charge < -0.3 is 20.2 Å². The monoisotopic (exact) mass is 425 g/mol. The fourth-order valence-corrected chi connectivity index (χ4v) is 5.27. The van der Waals surface area contributed by atoms with E-state index in [2.05, 4.69) is 15.3 Å². The third-order valence-electron chi connectivity index (χ3n) is 7.16. The van der Waals surface area contributed by atoms with Crippen LogP contribution in [0.3, 0.4) is 0 Å². The van der Waals surface area contributed by atoms with Crippen molar-refractivity contribution in [2.24, 2.45) is 0 Å². The average molecular weight is 426 g/mol. The number of phenolic OH excluding ortho intramolecular Hbond substituents is 1. The number of halogens is 1. The second-order valence-electron chi connectivity index (χ2n) is 9.12. The number of hydrogen-bond donors (Lipinski definition) is 2. The van der Waals surface area contributed by atoms with Crippen LogP contribution < -0.4 is 10.2 Å². The highest BCUT2D eigenvalue weighted by Crippen LogP contribution is 2.36. The van der Waals surface area contributed by atoms with Gasteiger partial charge in [0, 0.05) is 50.6 Å². The maximum absolute atomic E-state index is 14.9. The van der Waals surface area contributed by atoms with Gasteiger partial charge in [-0.1, -0.05) is 6.07 Å². The number of alkyl halides is 1. The summed E-state index contributed by atoms with van der Waals surface area (Å²) in [6.07, 6.45) is 5.48. The van der Waals surface area contributed by atoms with Gasteiger partial charge in [-0.3, -0.25) is 9.78 Å². The molecule has 1 aromatic heterocycles. The van der Waals surface area contributed by atoms with Crippen LogP contribution in [0.15, 0.2) is 30.6 Å².